The van der Waals surface area contributed by atoms with Gasteiger partial charge in [-0.15, -0.1) is 10.2 Å². The third-order valence-corrected chi connectivity index (χ3v) is 20.2. The van der Waals surface area contributed by atoms with Gasteiger partial charge < -0.3 is 12.4 Å². The van der Waals surface area contributed by atoms with E-state index < -0.39 is 7.26 Å². The van der Waals surface area contributed by atoms with E-state index >= 15 is 0 Å². The highest BCUT2D eigenvalue weighted by molar-refractivity contribution is 7.95. The van der Waals surface area contributed by atoms with Gasteiger partial charge in [0.2, 0.25) is 0 Å². The van der Waals surface area contributed by atoms with Crippen LogP contribution in [0.1, 0.15) is 39.3 Å². The van der Waals surface area contributed by atoms with Crippen molar-refractivity contribution in [1.29, 1.82) is 0 Å². The third kappa shape index (κ3) is 12.9. The van der Waals surface area contributed by atoms with Crippen molar-refractivity contribution in [1.82, 2.24) is 88.6 Å². The number of hydrogen-bond acceptors (Lipinski definition) is 16. The van der Waals surface area contributed by atoms with Crippen molar-refractivity contribution in [2.75, 3.05) is 0 Å². The van der Waals surface area contributed by atoms with E-state index in [2.05, 4.69) is 162 Å². The first-order valence-electron chi connectivity index (χ1n) is 30.6. The highest BCUT2D eigenvalue weighted by Crippen LogP contribution is 2.57. The Hall–Kier alpha value is -12.4. The molecule has 0 amide bonds. The number of rotatable bonds is 11. The average molecular weight is 1290 g/mol. The molecule has 0 saturated heterocycles. The van der Waals surface area contributed by atoms with E-state index in [0.717, 1.165) is 125 Å². The Morgan fingerprint density at radius 3 is 1.24 bits per heavy atom. The number of pyridine rings is 6. The van der Waals surface area contributed by atoms with Gasteiger partial charge in [-0.1, -0.05) is 91.0 Å². The van der Waals surface area contributed by atoms with Crippen LogP contribution in [-0.4, -0.2) is 94.9 Å². The minimum absolute atomic E-state index is 0. The smallest absolute Gasteiger partial charge is 0.190 e. The van der Waals surface area contributed by atoms with Crippen molar-refractivity contribution in [2.24, 2.45) is 0 Å². The highest BCUT2D eigenvalue weighted by Gasteiger charge is 2.46. The quantitative estimate of drug-likeness (QED) is 0.0868. The van der Waals surface area contributed by atoms with Crippen molar-refractivity contribution in [3.63, 3.8) is 0 Å². The molecule has 6 aromatic carbocycles. The predicted molar refractivity (Wildman–Crippen MR) is 374 cm³/mol. The second-order valence-corrected chi connectivity index (χ2v) is 25.4. The first kappa shape index (κ1) is 61.1. The zero-order chi connectivity index (χ0) is 63.8. The molecule has 0 aliphatic rings. The molecule has 0 N–H and O–H groups in total. The van der Waals surface area contributed by atoms with Gasteiger partial charge in [-0.3, -0.25) is 34.7 Å². The number of benzene rings is 6. The molecule has 0 bridgehead atoms. The van der Waals surface area contributed by atoms with Gasteiger partial charge in [-0.25, -0.2) is 43.5 Å². The number of hydrogen-bond donors (Lipinski definition) is 0. The van der Waals surface area contributed by atoms with Crippen LogP contribution in [0.2, 0.25) is 0 Å². The normalized spacial score (nSPS) is 11.4. The first-order chi connectivity index (χ1) is 47.0. The molecule has 12 heterocycles. The molecule has 96 heavy (non-hydrogen) atoms. The Kier molecular flexibility index (Phi) is 17.7. The fourth-order valence-corrected chi connectivity index (χ4v) is 15.4. The lowest BCUT2D eigenvalue weighted by atomic mass is 10.2. The van der Waals surface area contributed by atoms with Crippen LogP contribution in [0.5, 0.6) is 0 Å². The Morgan fingerprint density at radius 1 is 0.333 bits per heavy atom. The first-order valence-corrected chi connectivity index (χ1v) is 32.6. The summed E-state index contributed by atoms with van der Waals surface area (Å²) in [5.74, 6) is 2.26. The Balaban J connectivity index is 0.000000114. The number of carbonyl (C=O) groups excluding carboxylic acids is 1. The SMILES string of the molecule is C(=C\c1nc2c3cccnc3ccn2n1)/c1cnc2ccccc2n1.O=Cc1cnc2ccccc2n1.[Cl-].c1ccc([P+](Cc2nc3c4cccnc4ccn3n2)(c2ccccc2)c2ccccc2)cc1.c1ccc2nc(CCc3nc4c5cccnc5ccn4n3)cnc2c1. The van der Waals surface area contributed by atoms with E-state index in [-0.39, 0.29) is 12.4 Å². The molecule has 21 heteroatoms. The van der Waals surface area contributed by atoms with Crippen LogP contribution in [0.15, 0.2) is 274 Å². The Labute approximate surface area is 554 Å². The number of aryl methyl sites for hydroxylation is 2. The largest absolute Gasteiger partial charge is 1.00 e. The van der Waals surface area contributed by atoms with Crippen LogP contribution in [0.3, 0.4) is 0 Å². The number of nitrogens with zero attached hydrogens (tertiary/aromatic N) is 18. The van der Waals surface area contributed by atoms with E-state index in [1.54, 1.807) is 23.1 Å². The number of halogens is 1. The fraction of sp³-hybridized carbons (Fsp3) is 0.0400. The van der Waals surface area contributed by atoms with Crippen molar-refractivity contribution in [2.45, 2.75) is 19.0 Å². The van der Waals surface area contributed by atoms with Gasteiger partial charge in [0.15, 0.2) is 40.7 Å². The number of para-hydroxylation sites is 6. The summed E-state index contributed by atoms with van der Waals surface area (Å²) in [6.07, 6.45) is 22.8. The van der Waals surface area contributed by atoms with Gasteiger partial charge >= 0.3 is 0 Å². The van der Waals surface area contributed by atoms with Gasteiger partial charge in [0.1, 0.15) is 35.0 Å². The molecule has 0 radical (unpaired) electrons. The Morgan fingerprint density at radius 2 is 0.740 bits per heavy atom. The van der Waals surface area contributed by atoms with Crippen LogP contribution < -0.4 is 28.3 Å². The molecular weight excluding hydrogens is 1240 g/mol. The molecule has 0 atom stereocenters. The number of aldehydes is 1. The van der Waals surface area contributed by atoms with E-state index in [9.17, 15) is 4.79 Å². The van der Waals surface area contributed by atoms with Gasteiger partial charge in [-0.05, 0) is 146 Å². The third-order valence-electron chi connectivity index (χ3n) is 15.9. The minimum Gasteiger partial charge on any atom is -1.00 e. The molecule has 0 spiro atoms. The standard InChI is InChI=1S/C28H22N4P.C19H14N6.C19H12N6.C9H6N2O.ClH/c1-4-11-22(12-5-1)33(23-13-6-2-7-14-23,24-15-8-3-9-16-24)21-27-30-28-25-17-10-19-29-26(25)18-20-32(28)31-27;2*1-2-6-17-16(5-1)21-12-13(22-17)7-8-18-23-19-14-4-3-10-20-15(14)9-11-25(19)24-18;12-6-7-5-10-8-3-1-2-4-9(8)11-7;/h1-20H,21H2;1-6,9-12H,7-8H2;1-12H;1-6H;1H/q+1;;;;/p-1/b;;8-7+;;. The maximum absolute atomic E-state index is 10.3. The summed E-state index contributed by atoms with van der Waals surface area (Å²) in [5, 5.41) is 21.0. The molecule has 0 unspecified atom stereocenters. The molecule has 0 aliphatic carbocycles. The lowest BCUT2D eigenvalue weighted by molar-refractivity contribution is -0.0000254. The molecule has 19 nitrogen and oxygen atoms in total. The molecular formula is C75H54ClN18OP. The fourth-order valence-electron chi connectivity index (χ4n) is 11.4. The van der Waals surface area contributed by atoms with Crippen LogP contribution in [-0.2, 0) is 19.0 Å². The lowest BCUT2D eigenvalue weighted by Crippen LogP contribution is -3.00. The molecule has 18 aromatic rings. The molecule has 12 aromatic heterocycles. The summed E-state index contributed by atoms with van der Waals surface area (Å²) < 4.78 is 5.45. The maximum atomic E-state index is 10.3. The summed E-state index contributed by atoms with van der Waals surface area (Å²) in [4.78, 5) is 64.1. The van der Waals surface area contributed by atoms with Crippen molar-refractivity contribution < 1.29 is 17.2 Å². The summed E-state index contributed by atoms with van der Waals surface area (Å²) in [5.41, 5.74) is 12.5. The summed E-state index contributed by atoms with van der Waals surface area (Å²) in [7, 11) is -2.04. The van der Waals surface area contributed by atoms with Gasteiger partial charge in [-0.2, -0.15) is 5.10 Å². The summed E-state index contributed by atoms with van der Waals surface area (Å²) >= 11 is 0. The zero-order valence-corrected chi connectivity index (χ0v) is 52.8. The van der Waals surface area contributed by atoms with Crippen molar-refractivity contribution >= 4 is 124 Å². The van der Waals surface area contributed by atoms with Crippen LogP contribution in [0.25, 0.3) is 94.9 Å². The van der Waals surface area contributed by atoms with Gasteiger partial charge in [0, 0.05) is 66.0 Å². The molecule has 462 valence electrons. The minimum atomic E-state index is -2.04. The van der Waals surface area contributed by atoms with Gasteiger partial charge in [0.25, 0.3) is 0 Å². The summed E-state index contributed by atoms with van der Waals surface area (Å²) in [6.45, 7) is 0. The average Bonchev–Trinajstić information content (AvgIpc) is 1.16. The number of aromatic nitrogens is 18. The lowest BCUT2D eigenvalue weighted by Gasteiger charge is -2.26. The van der Waals surface area contributed by atoms with Crippen LogP contribution in [0, 0.1) is 0 Å². The second-order valence-electron chi connectivity index (χ2n) is 21.9. The van der Waals surface area contributed by atoms with E-state index in [0.29, 0.717) is 17.8 Å². The second kappa shape index (κ2) is 27.8. The zero-order valence-electron chi connectivity index (χ0n) is 51.1. The monoisotopic (exact) mass is 1290 g/mol. The number of carbonyl (C=O) groups is 1. The Bertz CT molecular complexity index is 5700. The molecule has 0 fully saturated rings. The topological polar surface area (TPSA) is 224 Å². The highest BCUT2D eigenvalue weighted by atomic mass is 35.5. The van der Waals surface area contributed by atoms with E-state index in [4.69, 9.17) is 10.1 Å². The predicted octanol–water partition coefficient (Wildman–Crippen LogP) is 9.61. The van der Waals surface area contributed by atoms with E-state index in [1.807, 2.05) is 173 Å². The molecule has 0 saturated carbocycles. The summed E-state index contributed by atoms with van der Waals surface area (Å²) in [6, 6.07) is 73.4. The maximum Gasteiger partial charge on any atom is 0.190 e. The van der Waals surface area contributed by atoms with Crippen LogP contribution >= 0.6 is 7.26 Å². The van der Waals surface area contributed by atoms with Gasteiger partial charge in [0.05, 0.1) is 73.4 Å². The van der Waals surface area contributed by atoms with Crippen molar-refractivity contribution in [3.8, 4) is 0 Å². The molecule has 18 rings (SSSR count). The van der Waals surface area contributed by atoms with E-state index in [1.165, 1.54) is 22.1 Å². The molecule has 0 aliphatic heterocycles. The number of fused-ring (bicyclic) bond motifs is 12. The van der Waals surface area contributed by atoms with Crippen molar-refractivity contribution in [3.05, 3.63) is 309 Å². The van der Waals surface area contributed by atoms with Crippen LogP contribution in [0.4, 0.5) is 0 Å².